The standard InChI is InChI=1S/C12H13ClN2O2/c13-6-8(16)7-15-11-3-1-2-10-9(11)4-5-14-12(10)17/h1-5,8,15-16H,6-7H2,(H,14,17). The first-order valence-corrected chi connectivity index (χ1v) is 5.84. The van der Waals surface area contributed by atoms with Gasteiger partial charge >= 0.3 is 0 Å². The quantitative estimate of drug-likeness (QED) is 0.724. The molecule has 2 rings (SSSR count). The summed E-state index contributed by atoms with van der Waals surface area (Å²) in [6.45, 7) is 0.357. The first-order valence-electron chi connectivity index (χ1n) is 5.30. The van der Waals surface area contributed by atoms with E-state index in [1.54, 1.807) is 18.3 Å². The van der Waals surface area contributed by atoms with Gasteiger partial charge in [0.2, 0.25) is 0 Å². The largest absolute Gasteiger partial charge is 0.390 e. The van der Waals surface area contributed by atoms with Crippen molar-refractivity contribution in [3.8, 4) is 0 Å². The normalized spacial score (nSPS) is 12.6. The van der Waals surface area contributed by atoms with E-state index in [0.717, 1.165) is 11.1 Å². The molecule has 0 saturated carbocycles. The van der Waals surface area contributed by atoms with Crippen molar-refractivity contribution in [2.24, 2.45) is 0 Å². The third kappa shape index (κ3) is 2.60. The summed E-state index contributed by atoms with van der Waals surface area (Å²) in [6, 6.07) is 7.25. The highest BCUT2D eigenvalue weighted by Crippen LogP contribution is 2.19. The Bertz CT molecular complexity index is 568. The van der Waals surface area contributed by atoms with Crippen molar-refractivity contribution in [1.82, 2.24) is 4.98 Å². The second-order valence-electron chi connectivity index (χ2n) is 3.76. The predicted molar refractivity (Wildman–Crippen MR) is 69.8 cm³/mol. The zero-order valence-corrected chi connectivity index (χ0v) is 9.87. The second kappa shape index (κ2) is 5.21. The van der Waals surface area contributed by atoms with Crippen LogP contribution in [-0.4, -0.2) is 28.6 Å². The number of hydrogen-bond acceptors (Lipinski definition) is 3. The molecular weight excluding hydrogens is 240 g/mol. The van der Waals surface area contributed by atoms with E-state index in [-0.39, 0.29) is 11.4 Å². The first-order chi connectivity index (χ1) is 8.22. The van der Waals surface area contributed by atoms with Crippen LogP contribution in [0.4, 0.5) is 5.69 Å². The van der Waals surface area contributed by atoms with Crippen LogP contribution >= 0.6 is 11.6 Å². The molecule has 1 aromatic heterocycles. The van der Waals surface area contributed by atoms with Crippen molar-refractivity contribution >= 4 is 28.1 Å². The van der Waals surface area contributed by atoms with Crippen LogP contribution in [-0.2, 0) is 0 Å². The molecular formula is C12H13ClN2O2. The summed E-state index contributed by atoms with van der Waals surface area (Å²) in [5.41, 5.74) is 0.696. The molecule has 2 aromatic rings. The van der Waals surface area contributed by atoms with Crippen molar-refractivity contribution < 1.29 is 5.11 Å². The fourth-order valence-corrected chi connectivity index (χ4v) is 1.77. The van der Waals surface area contributed by atoms with E-state index in [0.29, 0.717) is 11.9 Å². The third-order valence-corrected chi connectivity index (χ3v) is 2.88. The second-order valence-corrected chi connectivity index (χ2v) is 4.07. The summed E-state index contributed by atoms with van der Waals surface area (Å²) in [6.07, 6.45) is 1.00. The number of benzene rings is 1. The molecule has 0 saturated heterocycles. The molecule has 1 aromatic carbocycles. The molecule has 1 unspecified atom stereocenters. The van der Waals surface area contributed by atoms with Crippen molar-refractivity contribution in [2.75, 3.05) is 17.7 Å². The highest BCUT2D eigenvalue weighted by atomic mass is 35.5. The van der Waals surface area contributed by atoms with E-state index >= 15 is 0 Å². The van der Waals surface area contributed by atoms with Crippen molar-refractivity contribution in [3.63, 3.8) is 0 Å². The summed E-state index contributed by atoms with van der Waals surface area (Å²) in [7, 11) is 0. The Morgan fingerprint density at radius 1 is 1.35 bits per heavy atom. The smallest absolute Gasteiger partial charge is 0.255 e. The number of anilines is 1. The number of hydrogen-bond donors (Lipinski definition) is 3. The monoisotopic (exact) mass is 252 g/mol. The van der Waals surface area contributed by atoms with E-state index in [2.05, 4.69) is 10.3 Å². The number of aromatic amines is 1. The van der Waals surface area contributed by atoms with E-state index in [9.17, 15) is 9.90 Å². The Morgan fingerprint density at radius 3 is 2.94 bits per heavy atom. The number of fused-ring (bicyclic) bond motifs is 1. The molecule has 17 heavy (non-hydrogen) atoms. The number of pyridine rings is 1. The third-order valence-electron chi connectivity index (χ3n) is 2.52. The van der Waals surface area contributed by atoms with Gasteiger partial charge in [-0.3, -0.25) is 4.79 Å². The van der Waals surface area contributed by atoms with Crippen LogP contribution in [0, 0.1) is 0 Å². The van der Waals surface area contributed by atoms with E-state index in [4.69, 9.17) is 11.6 Å². The highest BCUT2D eigenvalue weighted by Gasteiger charge is 2.05. The number of nitrogens with one attached hydrogen (secondary N) is 2. The molecule has 4 nitrogen and oxygen atoms in total. The lowest BCUT2D eigenvalue weighted by Crippen LogP contribution is -2.21. The number of H-pyrrole nitrogens is 1. The van der Waals surface area contributed by atoms with Gasteiger partial charge in [0, 0.05) is 29.2 Å². The van der Waals surface area contributed by atoms with Gasteiger partial charge in [0.05, 0.1) is 12.0 Å². The average molecular weight is 253 g/mol. The molecule has 0 bridgehead atoms. The average Bonchev–Trinajstić information content (AvgIpc) is 2.36. The highest BCUT2D eigenvalue weighted by molar-refractivity contribution is 6.18. The van der Waals surface area contributed by atoms with Gasteiger partial charge in [0.1, 0.15) is 0 Å². The Labute approximate surface area is 103 Å². The molecule has 0 aliphatic carbocycles. The van der Waals surface area contributed by atoms with Crippen LogP contribution in [0.25, 0.3) is 10.8 Å². The summed E-state index contributed by atoms with van der Waals surface area (Å²) >= 11 is 5.52. The lowest BCUT2D eigenvalue weighted by atomic mass is 10.1. The van der Waals surface area contributed by atoms with Crippen LogP contribution in [0.3, 0.4) is 0 Å². The Balaban J connectivity index is 2.35. The van der Waals surface area contributed by atoms with Crippen molar-refractivity contribution in [1.29, 1.82) is 0 Å². The van der Waals surface area contributed by atoms with Crippen LogP contribution in [0.2, 0.25) is 0 Å². The summed E-state index contributed by atoms with van der Waals surface area (Å²) in [5.74, 6) is 0.179. The van der Waals surface area contributed by atoms with E-state index in [1.165, 1.54) is 0 Å². The van der Waals surface area contributed by atoms with E-state index < -0.39 is 6.10 Å². The van der Waals surface area contributed by atoms with Gasteiger partial charge in [-0.2, -0.15) is 0 Å². The summed E-state index contributed by atoms with van der Waals surface area (Å²) in [4.78, 5) is 14.2. The minimum absolute atomic E-state index is 0.121. The number of aliphatic hydroxyl groups excluding tert-OH is 1. The molecule has 0 spiro atoms. The number of halogens is 1. The van der Waals surface area contributed by atoms with Crippen LogP contribution < -0.4 is 10.9 Å². The fraction of sp³-hybridized carbons (Fsp3) is 0.250. The molecule has 5 heteroatoms. The number of alkyl halides is 1. The number of aromatic nitrogens is 1. The molecule has 0 aliphatic rings. The first kappa shape index (κ1) is 12.0. The lowest BCUT2D eigenvalue weighted by Gasteiger charge is -2.11. The molecule has 90 valence electrons. The molecule has 3 N–H and O–H groups in total. The fourth-order valence-electron chi connectivity index (χ4n) is 1.66. The number of rotatable bonds is 4. The maximum atomic E-state index is 11.6. The zero-order valence-electron chi connectivity index (χ0n) is 9.11. The number of aliphatic hydroxyl groups is 1. The summed E-state index contributed by atoms with van der Waals surface area (Å²) < 4.78 is 0. The van der Waals surface area contributed by atoms with Gasteiger partial charge in [0.15, 0.2) is 0 Å². The predicted octanol–water partition coefficient (Wildman–Crippen LogP) is 1.54. The van der Waals surface area contributed by atoms with Gasteiger partial charge in [-0.25, -0.2) is 0 Å². The molecule has 0 aliphatic heterocycles. The topological polar surface area (TPSA) is 65.1 Å². The lowest BCUT2D eigenvalue weighted by molar-refractivity contribution is 0.211. The van der Waals surface area contributed by atoms with E-state index in [1.807, 2.05) is 12.1 Å². The van der Waals surface area contributed by atoms with Gasteiger partial charge in [0.25, 0.3) is 5.56 Å². The van der Waals surface area contributed by atoms with Crippen LogP contribution in [0.5, 0.6) is 0 Å². The Kier molecular flexibility index (Phi) is 3.66. The van der Waals surface area contributed by atoms with Gasteiger partial charge in [-0.15, -0.1) is 11.6 Å². The molecule has 1 heterocycles. The van der Waals surface area contributed by atoms with Gasteiger partial charge in [-0.05, 0) is 18.2 Å². The van der Waals surface area contributed by atoms with Crippen LogP contribution in [0.1, 0.15) is 0 Å². The maximum Gasteiger partial charge on any atom is 0.255 e. The maximum absolute atomic E-state index is 11.6. The van der Waals surface area contributed by atoms with Crippen molar-refractivity contribution in [3.05, 3.63) is 40.8 Å². The molecule has 0 amide bonds. The molecule has 1 atom stereocenters. The SMILES string of the molecule is O=c1[nH]ccc2c(NCC(O)CCl)cccc12. The van der Waals surface area contributed by atoms with Crippen LogP contribution in [0.15, 0.2) is 35.3 Å². The minimum atomic E-state index is -0.603. The Morgan fingerprint density at radius 2 is 2.18 bits per heavy atom. The molecule has 0 radical (unpaired) electrons. The minimum Gasteiger partial charge on any atom is -0.390 e. The van der Waals surface area contributed by atoms with Gasteiger partial charge < -0.3 is 15.4 Å². The van der Waals surface area contributed by atoms with Gasteiger partial charge in [-0.1, -0.05) is 6.07 Å². The summed E-state index contributed by atoms with van der Waals surface area (Å²) in [5, 5.41) is 13.9. The Hall–Kier alpha value is -1.52. The molecule has 0 fully saturated rings. The zero-order chi connectivity index (χ0) is 12.3. The van der Waals surface area contributed by atoms with Crippen molar-refractivity contribution in [2.45, 2.75) is 6.10 Å².